The number of amides is 1. The van der Waals surface area contributed by atoms with Crippen LogP contribution < -0.4 is 10.1 Å². The number of nitrogens with one attached hydrogen (secondary N) is 1. The first kappa shape index (κ1) is 21.5. The zero-order valence-corrected chi connectivity index (χ0v) is 17.8. The van der Waals surface area contributed by atoms with Crippen LogP contribution in [-0.4, -0.2) is 32.9 Å². The Hall–Kier alpha value is -3.71. The number of carbonyl (C=O) groups excluding carboxylic acids is 1. The van der Waals surface area contributed by atoms with Crippen LogP contribution in [0.2, 0.25) is 0 Å². The Morgan fingerprint density at radius 2 is 1.78 bits per heavy atom. The maximum Gasteiger partial charge on any atom is 0.248 e. The normalized spacial score (nSPS) is 14.0. The van der Waals surface area contributed by atoms with Gasteiger partial charge < -0.3 is 15.2 Å². The Labute approximate surface area is 185 Å². The Balaban J connectivity index is 1.62. The van der Waals surface area contributed by atoms with E-state index >= 15 is 0 Å². The van der Waals surface area contributed by atoms with Crippen LogP contribution in [0.15, 0.2) is 79.0 Å². The van der Waals surface area contributed by atoms with E-state index in [1.807, 2.05) is 55.5 Å². The molecule has 1 amide bonds. The van der Waals surface area contributed by atoms with Gasteiger partial charge in [-0.15, -0.1) is 0 Å². The molecule has 4 aromatic rings. The van der Waals surface area contributed by atoms with Crippen LogP contribution in [0, 0.1) is 5.82 Å². The number of hydrogen-bond donors (Lipinski definition) is 2. The van der Waals surface area contributed by atoms with E-state index in [2.05, 4.69) is 10.4 Å². The summed E-state index contributed by atoms with van der Waals surface area (Å²) in [4.78, 5) is 12.0. The molecule has 0 radical (unpaired) electrons. The standard InChI is InChI=1S/C25H24FN3O3/c1-16(28-25(31)17(2)30)24(18-6-4-3-5-7-18)32-22-12-13-23-19(14-22)15-27-29(23)21-10-8-20(26)9-11-21/h3-17,24,30H,1-2H3,(H,28,31)/t16?,17-,24-/m0/s1. The van der Waals surface area contributed by atoms with E-state index < -0.39 is 24.2 Å². The van der Waals surface area contributed by atoms with Crippen molar-refractivity contribution in [1.82, 2.24) is 15.1 Å². The van der Waals surface area contributed by atoms with E-state index in [-0.39, 0.29) is 5.82 Å². The number of ether oxygens (including phenoxy) is 1. The second kappa shape index (κ2) is 9.20. The fourth-order valence-electron chi connectivity index (χ4n) is 3.54. The fraction of sp³-hybridized carbons (Fsp3) is 0.200. The van der Waals surface area contributed by atoms with Crippen LogP contribution in [0.3, 0.4) is 0 Å². The Bertz CT molecular complexity index is 1210. The molecule has 0 spiro atoms. The lowest BCUT2D eigenvalue weighted by molar-refractivity contribution is -0.129. The molecule has 0 aliphatic heterocycles. The monoisotopic (exact) mass is 433 g/mol. The molecule has 0 saturated carbocycles. The highest BCUT2D eigenvalue weighted by molar-refractivity contribution is 5.82. The lowest BCUT2D eigenvalue weighted by Gasteiger charge is -2.27. The number of aliphatic hydroxyl groups is 1. The zero-order chi connectivity index (χ0) is 22.7. The van der Waals surface area contributed by atoms with Crippen LogP contribution in [0.4, 0.5) is 4.39 Å². The van der Waals surface area contributed by atoms with Gasteiger partial charge in [0.15, 0.2) is 0 Å². The van der Waals surface area contributed by atoms with E-state index in [4.69, 9.17) is 4.74 Å². The van der Waals surface area contributed by atoms with E-state index in [0.717, 1.165) is 22.2 Å². The van der Waals surface area contributed by atoms with Gasteiger partial charge in [-0.05, 0) is 61.9 Å². The summed E-state index contributed by atoms with van der Waals surface area (Å²) in [5.41, 5.74) is 2.51. The van der Waals surface area contributed by atoms with Crippen molar-refractivity contribution >= 4 is 16.8 Å². The van der Waals surface area contributed by atoms with Crippen molar-refractivity contribution in [2.45, 2.75) is 32.1 Å². The number of halogens is 1. The number of fused-ring (bicyclic) bond motifs is 1. The van der Waals surface area contributed by atoms with Gasteiger partial charge in [0.25, 0.3) is 0 Å². The summed E-state index contributed by atoms with van der Waals surface area (Å²) in [7, 11) is 0. The second-order valence-corrected chi connectivity index (χ2v) is 7.68. The third kappa shape index (κ3) is 4.63. The largest absolute Gasteiger partial charge is 0.484 e. The Kier molecular flexibility index (Phi) is 6.18. The number of aromatic nitrogens is 2. The summed E-state index contributed by atoms with van der Waals surface area (Å²) in [6.07, 6.45) is 0.146. The first-order valence-electron chi connectivity index (χ1n) is 10.4. The van der Waals surface area contributed by atoms with Crippen molar-refractivity contribution < 1.29 is 19.0 Å². The van der Waals surface area contributed by atoms with Gasteiger partial charge in [-0.1, -0.05) is 30.3 Å². The van der Waals surface area contributed by atoms with Crippen molar-refractivity contribution in [2.75, 3.05) is 0 Å². The number of carbonyl (C=O) groups is 1. The molecule has 0 bridgehead atoms. The van der Waals surface area contributed by atoms with Crippen molar-refractivity contribution in [3.8, 4) is 11.4 Å². The third-order valence-electron chi connectivity index (χ3n) is 5.21. The second-order valence-electron chi connectivity index (χ2n) is 7.68. The fourth-order valence-corrected chi connectivity index (χ4v) is 3.54. The predicted octanol–water partition coefficient (Wildman–Crippen LogP) is 4.17. The number of nitrogens with zero attached hydrogens (tertiary/aromatic N) is 2. The van der Waals surface area contributed by atoms with E-state index in [9.17, 15) is 14.3 Å². The molecule has 1 aromatic heterocycles. The molecule has 6 nitrogen and oxygen atoms in total. The summed E-state index contributed by atoms with van der Waals surface area (Å²) < 4.78 is 21.3. The minimum atomic E-state index is -1.11. The molecule has 0 aliphatic rings. The van der Waals surface area contributed by atoms with Crippen molar-refractivity contribution in [1.29, 1.82) is 0 Å². The molecule has 0 aliphatic carbocycles. The molecular weight excluding hydrogens is 409 g/mol. The molecule has 0 saturated heterocycles. The quantitative estimate of drug-likeness (QED) is 0.459. The van der Waals surface area contributed by atoms with E-state index in [1.54, 1.807) is 23.0 Å². The molecule has 3 atom stereocenters. The van der Waals surface area contributed by atoms with Crippen LogP contribution in [-0.2, 0) is 4.79 Å². The average molecular weight is 433 g/mol. The molecule has 2 N–H and O–H groups in total. The summed E-state index contributed by atoms with van der Waals surface area (Å²) in [6.45, 7) is 3.26. The maximum absolute atomic E-state index is 13.3. The van der Waals surface area contributed by atoms with Gasteiger partial charge in [-0.3, -0.25) is 4.79 Å². The molecule has 0 fully saturated rings. The lowest BCUT2D eigenvalue weighted by atomic mass is 10.0. The smallest absolute Gasteiger partial charge is 0.248 e. The van der Waals surface area contributed by atoms with Crippen LogP contribution in [0.1, 0.15) is 25.5 Å². The summed E-state index contributed by atoms with van der Waals surface area (Å²) in [5, 5.41) is 17.6. The first-order valence-corrected chi connectivity index (χ1v) is 10.4. The molecule has 7 heteroatoms. The van der Waals surface area contributed by atoms with Crippen molar-refractivity contribution in [2.24, 2.45) is 0 Å². The number of aliphatic hydroxyl groups excluding tert-OH is 1. The predicted molar refractivity (Wildman–Crippen MR) is 120 cm³/mol. The molecule has 164 valence electrons. The summed E-state index contributed by atoms with van der Waals surface area (Å²) in [5.74, 6) is -0.147. The maximum atomic E-state index is 13.3. The van der Waals surface area contributed by atoms with Crippen molar-refractivity contribution in [3.63, 3.8) is 0 Å². The molecule has 3 aromatic carbocycles. The van der Waals surface area contributed by atoms with Crippen LogP contribution >= 0.6 is 0 Å². The molecular formula is C25H24FN3O3. The SMILES string of the molecule is CC(NC(=O)[C@H](C)O)[C@H](Oc1ccc2c(cnn2-c2ccc(F)cc2)c1)c1ccccc1. The summed E-state index contributed by atoms with van der Waals surface area (Å²) >= 11 is 0. The highest BCUT2D eigenvalue weighted by atomic mass is 19.1. The number of hydrogen-bond acceptors (Lipinski definition) is 4. The molecule has 1 unspecified atom stereocenters. The highest BCUT2D eigenvalue weighted by Gasteiger charge is 2.24. The first-order chi connectivity index (χ1) is 15.4. The van der Waals surface area contributed by atoms with Gasteiger partial charge in [-0.25, -0.2) is 9.07 Å². The van der Waals surface area contributed by atoms with Gasteiger partial charge in [0.1, 0.15) is 23.8 Å². The van der Waals surface area contributed by atoms with Gasteiger partial charge >= 0.3 is 0 Å². The van der Waals surface area contributed by atoms with Crippen molar-refractivity contribution in [3.05, 3.63) is 90.4 Å². The highest BCUT2D eigenvalue weighted by Crippen LogP contribution is 2.29. The Morgan fingerprint density at radius 1 is 1.06 bits per heavy atom. The van der Waals surface area contributed by atoms with Crippen LogP contribution in [0.25, 0.3) is 16.6 Å². The number of benzene rings is 3. The van der Waals surface area contributed by atoms with Gasteiger partial charge in [-0.2, -0.15) is 5.10 Å². The minimum Gasteiger partial charge on any atom is -0.484 e. The number of rotatable bonds is 7. The zero-order valence-electron chi connectivity index (χ0n) is 17.8. The van der Waals surface area contributed by atoms with Gasteiger partial charge in [0.05, 0.1) is 23.4 Å². The van der Waals surface area contributed by atoms with Gasteiger partial charge in [0.2, 0.25) is 5.91 Å². The third-order valence-corrected chi connectivity index (χ3v) is 5.21. The molecule has 32 heavy (non-hydrogen) atoms. The molecule has 1 heterocycles. The Morgan fingerprint density at radius 3 is 2.47 bits per heavy atom. The molecule has 4 rings (SSSR count). The van der Waals surface area contributed by atoms with E-state index in [0.29, 0.717) is 5.75 Å². The van der Waals surface area contributed by atoms with Crippen LogP contribution in [0.5, 0.6) is 5.75 Å². The van der Waals surface area contributed by atoms with Gasteiger partial charge in [0, 0.05) is 5.39 Å². The summed E-state index contributed by atoms with van der Waals surface area (Å²) in [6, 6.07) is 20.9. The van der Waals surface area contributed by atoms with E-state index in [1.165, 1.54) is 19.1 Å². The average Bonchev–Trinajstić information content (AvgIpc) is 3.21. The lowest BCUT2D eigenvalue weighted by Crippen LogP contribution is -2.43. The topological polar surface area (TPSA) is 76.4 Å². The minimum absolute atomic E-state index is 0.301.